The van der Waals surface area contributed by atoms with Gasteiger partial charge in [-0.1, -0.05) is 15.9 Å². The molecule has 0 saturated carbocycles. The van der Waals surface area contributed by atoms with Crippen LogP contribution in [0.15, 0.2) is 36.3 Å². The largest absolute Gasteiger partial charge is 0.434 e. The first kappa shape index (κ1) is 11.3. The number of fused-ring (bicyclic) bond motifs is 1. The second kappa shape index (κ2) is 4.12. The summed E-state index contributed by atoms with van der Waals surface area (Å²) >= 11 is 8.39. The molecule has 17 heavy (non-hydrogen) atoms. The summed E-state index contributed by atoms with van der Waals surface area (Å²) in [6, 6.07) is 5.67. The zero-order valence-corrected chi connectivity index (χ0v) is 12.4. The molecular formula is C11H6Br2N2OS. The lowest BCUT2D eigenvalue weighted by Gasteiger charge is -1.93. The topological polar surface area (TPSA) is 52.0 Å². The molecule has 2 N–H and O–H groups in total. The van der Waals surface area contributed by atoms with Crippen molar-refractivity contribution in [3.8, 4) is 11.5 Å². The van der Waals surface area contributed by atoms with Gasteiger partial charge >= 0.3 is 0 Å². The molecule has 0 atom stereocenters. The van der Waals surface area contributed by atoms with Crippen LogP contribution in [0.1, 0.15) is 0 Å². The summed E-state index contributed by atoms with van der Waals surface area (Å²) in [5, 5.41) is 1.99. The first-order valence-corrected chi connectivity index (χ1v) is 7.20. The van der Waals surface area contributed by atoms with Gasteiger partial charge < -0.3 is 10.2 Å². The normalized spacial score (nSPS) is 11.2. The molecule has 6 heteroatoms. The summed E-state index contributed by atoms with van der Waals surface area (Å²) < 4.78 is 7.62. The minimum absolute atomic E-state index is 0.586. The number of benzene rings is 1. The number of anilines is 1. The molecule has 2 heterocycles. The van der Waals surface area contributed by atoms with E-state index in [0.717, 1.165) is 19.3 Å². The summed E-state index contributed by atoms with van der Waals surface area (Å²) in [4.78, 5) is 4.43. The number of rotatable bonds is 1. The van der Waals surface area contributed by atoms with Crippen LogP contribution in [0.5, 0.6) is 0 Å². The van der Waals surface area contributed by atoms with Crippen LogP contribution < -0.4 is 5.73 Å². The van der Waals surface area contributed by atoms with Crippen molar-refractivity contribution in [2.45, 2.75) is 0 Å². The molecule has 86 valence electrons. The first-order valence-electron chi connectivity index (χ1n) is 4.73. The van der Waals surface area contributed by atoms with Gasteiger partial charge in [-0.05, 0) is 34.1 Å². The summed E-state index contributed by atoms with van der Waals surface area (Å²) in [6.07, 6.45) is 0. The van der Waals surface area contributed by atoms with E-state index in [9.17, 15) is 0 Å². The maximum Gasteiger partial charge on any atom is 0.228 e. The minimum Gasteiger partial charge on any atom is -0.434 e. The average molecular weight is 374 g/mol. The third-order valence-electron chi connectivity index (χ3n) is 2.30. The Morgan fingerprint density at radius 3 is 2.76 bits per heavy atom. The molecule has 3 rings (SSSR count). The monoisotopic (exact) mass is 372 g/mol. The Bertz CT molecular complexity index is 705. The smallest absolute Gasteiger partial charge is 0.228 e. The van der Waals surface area contributed by atoms with Gasteiger partial charge in [0.2, 0.25) is 5.89 Å². The molecule has 0 radical (unpaired) electrons. The lowest BCUT2D eigenvalue weighted by molar-refractivity contribution is 0.621. The van der Waals surface area contributed by atoms with Gasteiger partial charge in [0, 0.05) is 15.4 Å². The van der Waals surface area contributed by atoms with Crippen molar-refractivity contribution in [2.24, 2.45) is 0 Å². The Morgan fingerprint density at radius 2 is 2.06 bits per heavy atom. The van der Waals surface area contributed by atoms with E-state index in [0.29, 0.717) is 17.2 Å². The first-order chi connectivity index (χ1) is 8.13. The zero-order valence-electron chi connectivity index (χ0n) is 8.41. The van der Waals surface area contributed by atoms with Crippen molar-refractivity contribution < 1.29 is 4.42 Å². The van der Waals surface area contributed by atoms with Crippen molar-refractivity contribution in [1.82, 2.24) is 4.98 Å². The number of hydrogen-bond acceptors (Lipinski definition) is 4. The molecule has 0 spiro atoms. The lowest BCUT2D eigenvalue weighted by atomic mass is 10.3. The fourth-order valence-electron chi connectivity index (χ4n) is 1.57. The zero-order chi connectivity index (χ0) is 12.0. The number of nitrogen functional groups attached to an aromatic ring is 1. The molecule has 3 aromatic rings. The van der Waals surface area contributed by atoms with E-state index >= 15 is 0 Å². The highest BCUT2D eigenvalue weighted by Gasteiger charge is 2.12. The van der Waals surface area contributed by atoms with Crippen LogP contribution >= 0.6 is 43.2 Å². The molecular weight excluding hydrogens is 368 g/mol. The van der Waals surface area contributed by atoms with E-state index in [2.05, 4.69) is 36.8 Å². The number of halogens is 2. The number of nitrogens with zero attached hydrogens (tertiary/aromatic N) is 1. The molecule has 0 saturated heterocycles. The Morgan fingerprint density at radius 1 is 1.24 bits per heavy atom. The van der Waals surface area contributed by atoms with Crippen LogP contribution in [-0.4, -0.2) is 4.98 Å². The second-order valence-corrected chi connectivity index (χ2v) is 6.71. The quantitative estimate of drug-likeness (QED) is 0.631. The van der Waals surface area contributed by atoms with Crippen molar-refractivity contribution in [2.75, 3.05) is 5.73 Å². The Hall–Kier alpha value is -0.850. The number of hydrogen-bond donors (Lipinski definition) is 1. The third-order valence-corrected chi connectivity index (χ3v) is 4.26. The summed E-state index contributed by atoms with van der Waals surface area (Å²) in [5.74, 6) is 0.590. The highest BCUT2D eigenvalue weighted by Crippen LogP contribution is 2.33. The Balaban J connectivity index is 2.23. The molecule has 0 aliphatic rings. The van der Waals surface area contributed by atoms with Crippen LogP contribution in [0, 0.1) is 0 Å². The lowest BCUT2D eigenvalue weighted by Crippen LogP contribution is -1.84. The number of oxazole rings is 1. The summed E-state index contributed by atoms with van der Waals surface area (Å²) in [6.45, 7) is 0. The van der Waals surface area contributed by atoms with Gasteiger partial charge in [-0.3, -0.25) is 0 Å². The minimum atomic E-state index is 0.586. The standard InChI is InChI=1S/C11H6Br2N2OS/c12-6-2-7(14)10-8(3-6)15-11(16-10)5-1-9(13)17-4-5/h1-4H,14H2. The van der Waals surface area contributed by atoms with Gasteiger partial charge in [0.05, 0.1) is 9.47 Å². The van der Waals surface area contributed by atoms with E-state index in [1.165, 1.54) is 0 Å². The third kappa shape index (κ3) is 2.00. The van der Waals surface area contributed by atoms with Gasteiger partial charge in [-0.15, -0.1) is 11.3 Å². The predicted octanol–water partition coefficient (Wildman–Crippen LogP) is 4.66. The molecule has 2 aromatic heterocycles. The van der Waals surface area contributed by atoms with Crippen molar-refractivity contribution in [1.29, 1.82) is 0 Å². The van der Waals surface area contributed by atoms with E-state index in [1.807, 2.05) is 17.5 Å². The van der Waals surface area contributed by atoms with Crippen molar-refractivity contribution in [3.63, 3.8) is 0 Å². The molecule has 1 aromatic carbocycles. The molecule has 0 bridgehead atoms. The molecule has 0 aliphatic heterocycles. The maximum atomic E-state index is 5.88. The highest BCUT2D eigenvalue weighted by atomic mass is 79.9. The van der Waals surface area contributed by atoms with Crippen LogP contribution in [-0.2, 0) is 0 Å². The van der Waals surface area contributed by atoms with Gasteiger partial charge in [0.15, 0.2) is 5.58 Å². The molecule has 0 amide bonds. The molecule has 3 nitrogen and oxygen atoms in total. The van der Waals surface area contributed by atoms with E-state index in [1.54, 1.807) is 17.4 Å². The fourth-order valence-corrected chi connectivity index (χ4v) is 3.16. The average Bonchev–Trinajstić information content (AvgIpc) is 2.83. The van der Waals surface area contributed by atoms with Gasteiger partial charge in [0.1, 0.15) is 5.52 Å². The van der Waals surface area contributed by atoms with Gasteiger partial charge in [-0.25, -0.2) is 4.98 Å². The number of nitrogens with two attached hydrogens (primary N) is 1. The Labute approximate surface area is 118 Å². The summed E-state index contributed by atoms with van der Waals surface area (Å²) in [5.41, 5.74) is 8.81. The maximum absolute atomic E-state index is 5.88. The van der Waals surface area contributed by atoms with Crippen molar-refractivity contribution >= 4 is 60.0 Å². The Kier molecular flexibility index (Phi) is 2.72. The van der Waals surface area contributed by atoms with E-state index in [4.69, 9.17) is 10.2 Å². The molecule has 0 unspecified atom stereocenters. The van der Waals surface area contributed by atoms with Crippen LogP contribution in [0.25, 0.3) is 22.6 Å². The van der Waals surface area contributed by atoms with Gasteiger partial charge in [0.25, 0.3) is 0 Å². The fraction of sp³-hybridized carbons (Fsp3) is 0. The SMILES string of the molecule is Nc1cc(Br)cc2nc(-c3csc(Br)c3)oc12. The van der Waals surface area contributed by atoms with E-state index < -0.39 is 0 Å². The number of aromatic nitrogens is 1. The predicted molar refractivity (Wildman–Crippen MR) is 77.1 cm³/mol. The van der Waals surface area contributed by atoms with Gasteiger partial charge in [-0.2, -0.15) is 0 Å². The molecule has 0 fully saturated rings. The van der Waals surface area contributed by atoms with Crippen LogP contribution in [0.3, 0.4) is 0 Å². The molecule has 0 aliphatic carbocycles. The van der Waals surface area contributed by atoms with E-state index in [-0.39, 0.29) is 0 Å². The van der Waals surface area contributed by atoms with Crippen LogP contribution in [0.4, 0.5) is 5.69 Å². The van der Waals surface area contributed by atoms with Crippen LogP contribution in [0.2, 0.25) is 0 Å². The van der Waals surface area contributed by atoms with Crippen molar-refractivity contribution in [3.05, 3.63) is 31.8 Å². The number of thiophene rings is 1. The summed E-state index contributed by atoms with van der Waals surface area (Å²) in [7, 11) is 0. The second-order valence-electron chi connectivity index (χ2n) is 3.50. The highest BCUT2D eigenvalue weighted by molar-refractivity contribution is 9.11.